The lowest BCUT2D eigenvalue weighted by Crippen LogP contribution is -2.40. The molecule has 2 aromatic carbocycles. The van der Waals surface area contributed by atoms with E-state index >= 15 is 0 Å². The molecule has 188 valence electrons. The van der Waals surface area contributed by atoms with Crippen LogP contribution in [0.5, 0.6) is 11.5 Å². The van der Waals surface area contributed by atoms with Crippen LogP contribution in [0.2, 0.25) is 0 Å². The van der Waals surface area contributed by atoms with Crippen LogP contribution in [-0.4, -0.2) is 62.4 Å². The molecule has 0 aliphatic carbocycles. The van der Waals surface area contributed by atoms with Gasteiger partial charge in [-0.05, 0) is 66.6 Å². The zero-order valence-electron chi connectivity index (χ0n) is 21.1. The van der Waals surface area contributed by atoms with Gasteiger partial charge in [0.2, 0.25) is 0 Å². The fourth-order valence-electron chi connectivity index (χ4n) is 4.14. The minimum atomic E-state index is -0.199. The number of benzene rings is 2. The molecule has 2 unspecified atom stereocenters. The first-order chi connectivity index (χ1) is 16.8. The lowest BCUT2D eigenvalue weighted by atomic mass is 9.92. The molecule has 2 aromatic rings. The average molecular weight is 482 g/mol. The molecule has 0 bridgehead atoms. The number of nitrogens with one attached hydrogen (secondary N) is 2. The van der Waals surface area contributed by atoms with Crippen LogP contribution in [0, 0.1) is 5.92 Å². The molecule has 3 N–H and O–H groups in total. The van der Waals surface area contributed by atoms with Gasteiger partial charge in [-0.25, -0.2) is 4.79 Å². The molecule has 0 spiro atoms. The number of urea groups is 1. The van der Waals surface area contributed by atoms with Crippen molar-refractivity contribution in [1.82, 2.24) is 15.5 Å². The molecule has 8 nitrogen and oxygen atoms in total. The maximum atomic E-state index is 12.7. The second-order valence-corrected chi connectivity index (χ2v) is 8.83. The third kappa shape index (κ3) is 5.95. The number of methoxy groups -OCH3 is 2. The SMILES string of the molecule is CNC(=O)N1C=C(c2ccc(C(=O)NCCC(C)CO)cc2)c2cc(OC)c(OC)cc2CC1C. The summed E-state index contributed by atoms with van der Waals surface area (Å²) in [5.41, 5.74) is 4.23. The van der Waals surface area contributed by atoms with Crippen molar-refractivity contribution in [2.24, 2.45) is 5.92 Å². The van der Waals surface area contributed by atoms with Crippen LogP contribution in [-0.2, 0) is 6.42 Å². The predicted molar refractivity (Wildman–Crippen MR) is 136 cm³/mol. The number of rotatable bonds is 8. The zero-order valence-corrected chi connectivity index (χ0v) is 21.1. The molecule has 35 heavy (non-hydrogen) atoms. The van der Waals surface area contributed by atoms with Gasteiger partial charge in [0.1, 0.15) is 0 Å². The quantitative estimate of drug-likeness (QED) is 0.537. The molecule has 0 radical (unpaired) electrons. The van der Waals surface area contributed by atoms with E-state index in [0.29, 0.717) is 36.4 Å². The third-order valence-electron chi connectivity index (χ3n) is 6.30. The van der Waals surface area contributed by atoms with Crippen molar-refractivity contribution in [3.05, 3.63) is 64.9 Å². The summed E-state index contributed by atoms with van der Waals surface area (Å²) in [5, 5.41) is 14.8. The lowest BCUT2D eigenvalue weighted by molar-refractivity contribution is 0.0949. The minimum absolute atomic E-state index is 0.0873. The first-order valence-electron chi connectivity index (χ1n) is 11.8. The summed E-state index contributed by atoms with van der Waals surface area (Å²) in [5.74, 6) is 1.21. The molecule has 2 atom stereocenters. The highest BCUT2D eigenvalue weighted by molar-refractivity contribution is 5.95. The Morgan fingerprint density at radius 3 is 2.40 bits per heavy atom. The molecule has 0 fully saturated rings. The number of nitrogens with zero attached hydrogens (tertiary/aromatic N) is 1. The summed E-state index contributed by atoms with van der Waals surface area (Å²) >= 11 is 0. The van der Waals surface area contributed by atoms with Gasteiger partial charge >= 0.3 is 6.03 Å². The Bertz CT molecular complexity index is 1080. The van der Waals surface area contributed by atoms with Gasteiger partial charge in [-0.2, -0.15) is 0 Å². The van der Waals surface area contributed by atoms with E-state index in [4.69, 9.17) is 14.6 Å². The predicted octanol–water partition coefficient (Wildman–Crippen LogP) is 3.43. The Morgan fingerprint density at radius 1 is 1.14 bits per heavy atom. The molecule has 0 aromatic heterocycles. The molecule has 3 amide bonds. The van der Waals surface area contributed by atoms with Gasteiger partial charge in [-0.3, -0.25) is 9.69 Å². The second-order valence-electron chi connectivity index (χ2n) is 8.83. The molecular weight excluding hydrogens is 446 g/mol. The number of carbonyl (C=O) groups is 2. The molecule has 3 rings (SSSR count). The summed E-state index contributed by atoms with van der Waals surface area (Å²) in [6.07, 6.45) is 3.20. The first kappa shape index (κ1) is 26.1. The molecule has 0 saturated heterocycles. The van der Waals surface area contributed by atoms with E-state index < -0.39 is 0 Å². The van der Waals surface area contributed by atoms with Gasteiger partial charge in [-0.15, -0.1) is 0 Å². The Labute approximate surface area is 206 Å². The van der Waals surface area contributed by atoms with Gasteiger partial charge < -0.3 is 25.2 Å². The topological polar surface area (TPSA) is 100 Å². The summed E-state index contributed by atoms with van der Waals surface area (Å²) in [6, 6.07) is 10.9. The summed E-state index contributed by atoms with van der Waals surface area (Å²) < 4.78 is 11.1. The third-order valence-corrected chi connectivity index (χ3v) is 6.30. The number of amides is 3. The number of ether oxygens (including phenoxy) is 2. The fraction of sp³-hybridized carbons (Fsp3) is 0.407. The standard InChI is InChI=1S/C27H35N3O5/c1-17(16-31)10-11-29-26(32)20-8-6-19(7-9-20)23-15-30(27(33)28-3)18(2)12-21-13-24(34-4)25(35-5)14-22(21)23/h6-9,13-15,17-18,31H,10-12,16H2,1-5H3,(H,28,33)(H,29,32). The van der Waals surface area contributed by atoms with Crippen molar-refractivity contribution in [2.45, 2.75) is 32.7 Å². The highest BCUT2D eigenvalue weighted by atomic mass is 16.5. The molecule has 1 heterocycles. The van der Waals surface area contributed by atoms with Crippen molar-refractivity contribution in [1.29, 1.82) is 0 Å². The van der Waals surface area contributed by atoms with Gasteiger partial charge in [0, 0.05) is 43.6 Å². The molecule has 8 heteroatoms. The highest BCUT2D eigenvalue weighted by Crippen LogP contribution is 2.39. The minimum Gasteiger partial charge on any atom is -0.493 e. The maximum Gasteiger partial charge on any atom is 0.321 e. The molecule has 1 aliphatic heterocycles. The van der Waals surface area contributed by atoms with E-state index in [1.54, 1.807) is 38.3 Å². The van der Waals surface area contributed by atoms with E-state index in [2.05, 4.69) is 10.6 Å². The van der Waals surface area contributed by atoms with Gasteiger partial charge in [0.25, 0.3) is 5.91 Å². The Kier molecular flexibility index (Phi) is 8.76. The van der Waals surface area contributed by atoms with Crippen molar-refractivity contribution in [3.63, 3.8) is 0 Å². The van der Waals surface area contributed by atoms with Gasteiger partial charge in [0.05, 0.1) is 14.2 Å². The smallest absolute Gasteiger partial charge is 0.321 e. The van der Waals surface area contributed by atoms with E-state index in [-0.39, 0.29) is 30.5 Å². The number of carbonyl (C=O) groups excluding carboxylic acids is 2. The number of aliphatic hydroxyl groups is 1. The van der Waals surface area contributed by atoms with Crippen LogP contribution in [0.4, 0.5) is 4.79 Å². The normalized spacial score (nSPS) is 15.9. The van der Waals surface area contributed by atoms with E-state index in [9.17, 15) is 9.59 Å². The van der Waals surface area contributed by atoms with Crippen LogP contribution in [0.3, 0.4) is 0 Å². The summed E-state index contributed by atoms with van der Waals surface area (Å²) in [7, 11) is 4.81. The average Bonchev–Trinajstić information content (AvgIpc) is 3.02. The monoisotopic (exact) mass is 481 g/mol. The number of hydrogen-bond acceptors (Lipinski definition) is 5. The van der Waals surface area contributed by atoms with Crippen molar-refractivity contribution in [2.75, 3.05) is 34.4 Å². The van der Waals surface area contributed by atoms with Gasteiger partial charge in [-0.1, -0.05) is 19.1 Å². The Hall–Kier alpha value is -3.52. The summed E-state index contributed by atoms with van der Waals surface area (Å²) in [6.45, 7) is 4.54. The van der Waals surface area contributed by atoms with E-state index in [0.717, 1.165) is 22.3 Å². The van der Waals surface area contributed by atoms with Crippen molar-refractivity contribution in [3.8, 4) is 11.5 Å². The molecular formula is C27H35N3O5. The van der Waals surface area contributed by atoms with Crippen LogP contribution < -0.4 is 20.1 Å². The van der Waals surface area contributed by atoms with Crippen LogP contribution in [0.1, 0.15) is 47.3 Å². The number of aliphatic hydroxyl groups excluding tert-OH is 1. The lowest BCUT2D eigenvalue weighted by Gasteiger charge is -2.24. The van der Waals surface area contributed by atoms with E-state index in [1.807, 2.05) is 44.3 Å². The largest absolute Gasteiger partial charge is 0.493 e. The van der Waals surface area contributed by atoms with E-state index in [1.165, 1.54) is 0 Å². The second kappa shape index (κ2) is 11.8. The Balaban J connectivity index is 1.99. The van der Waals surface area contributed by atoms with Crippen molar-refractivity contribution >= 4 is 17.5 Å². The fourth-order valence-corrected chi connectivity index (χ4v) is 4.14. The Morgan fingerprint density at radius 2 is 1.80 bits per heavy atom. The van der Waals surface area contributed by atoms with Crippen LogP contribution in [0.25, 0.3) is 5.57 Å². The zero-order chi connectivity index (χ0) is 25.5. The summed E-state index contributed by atoms with van der Waals surface area (Å²) in [4.78, 5) is 26.9. The van der Waals surface area contributed by atoms with Crippen LogP contribution in [0.15, 0.2) is 42.6 Å². The molecule has 0 saturated carbocycles. The number of fused-ring (bicyclic) bond motifs is 1. The maximum absolute atomic E-state index is 12.7. The van der Waals surface area contributed by atoms with Gasteiger partial charge in [0.15, 0.2) is 11.5 Å². The van der Waals surface area contributed by atoms with Crippen molar-refractivity contribution < 1.29 is 24.2 Å². The first-order valence-corrected chi connectivity index (χ1v) is 11.8. The molecule has 1 aliphatic rings. The number of hydrogen-bond donors (Lipinski definition) is 3. The highest BCUT2D eigenvalue weighted by Gasteiger charge is 2.27. The van der Waals surface area contributed by atoms with Crippen LogP contribution >= 0.6 is 0 Å².